The quantitative estimate of drug-likeness (QED) is 0.673. The van der Waals surface area contributed by atoms with Crippen molar-refractivity contribution in [2.24, 2.45) is 23.5 Å². The first-order chi connectivity index (χ1) is 5.79. The van der Waals surface area contributed by atoms with E-state index in [1.54, 1.807) is 0 Å². The number of hydrogen-bond donors (Lipinski definition) is 1. The van der Waals surface area contributed by atoms with Crippen molar-refractivity contribution in [1.29, 1.82) is 0 Å². The van der Waals surface area contributed by atoms with Gasteiger partial charge in [-0.15, -0.1) is 0 Å². The largest absolute Gasteiger partial charge is 0.330 e. The van der Waals surface area contributed by atoms with E-state index in [4.69, 9.17) is 5.73 Å². The average molecular weight is 169 g/mol. The first-order valence-corrected chi connectivity index (χ1v) is 5.49. The molecule has 1 aliphatic carbocycles. The van der Waals surface area contributed by atoms with E-state index in [1.807, 2.05) is 0 Å². The van der Waals surface area contributed by atoms with Crippen molar-refractivity contribution in [1.82, 2.24) is 0 Å². The van der Waals surface area contributed by atoms with E-state index >= 15 is 0 Å². The average Bonchev–Trinajstić information content (AvgIpc) is 1.96. The Morgan fingerprint density at radius 3 is 2.42 bits per heavy atom. The van der Waals surface area contributed by atoms with E-state index < -0.39 is 0 Å². The van der Waals surface area contributed by atoms with Crippen molar-refractivity contribution in [2.45, 2.75) is 46.0 Å². The van der Waals surface area contributed by atoms with Gasteiger partial charge in [-0.05, 0) is 30.7 Å². The maximum Gasteiger partial charge on any atom is -0.00746 e. The second-order valence-electron chi connectivity index (χ2n) is 4.32. The van der Waals surface area contributed by atoms with Crippen LogP contribution < -0.4 is 5.73 Å². The molecule has 1 rings (SSSR count). The van der Waals surface area contributed by atoms with E-state index in [1.165, 1.54) is 32.1 Å². The lowest BCUT2D eigenvalue weighted by Gasteiger charge is -2.37. The molecule has 0 aromatic heterocycles. The van der Waals surface area contributed by atoms with Crippen molar-refractivity contribution >= 4 is 0 Å². The summed E-state index contributed by atoms with van der Waals surface area (Å²) in [4.78, 5) is 0. The van der Waals surface area contributed by atoms with Crippen molar-refractivity contribution in [3.8, 4) is 0 Å². The van der Waals surface area contributed by atoms with Gasteiger partial charge in [-0.25, -0.2) is 0 Å². The van der Waals surface area contributed by atoms with Gasteiger partial charge < -0.3 is 5.73 Å². The van der Waals surface area contributed by atoms with Crippen molar-refractivity contribution in [3.05, 3.63) is 0 Å². The van der Waals surface area contributed by atoms with E-state index in [9.17, 15) is 0 Å². The minimum atomic E-state index is 0.852. The summed E-state index contributed by atoms with van der Waals surface area (Å²) < 4.78 is 0. The van der Waals surface area contributed by atoms with Crippen molar-refractivity contribution in [3.63, 3.8) is 0 Å². The summed E-state index contributed by atoms with van der Waals surface area (Å²) in [6.07, 6.45) is 7.00. The summed E-state index contributed by atoms with van der Waals surface area (Å²) in [5.41, 5.74) is 5.58. The topological polar surface area (TPSA) is 26.0 Å². The minimum absolute atomic E-state index is 0.852. The molecule has 0 aromatic carbocycles. The fraction of sp³-hybridized carbons (Fsp3) is 1.00. The fourth-order valence-corrected chi connectivity index (χ4v) is 2.55. The van der Waals surface area contributed by atoms with Crippen molar-refractivity contribution < 1.29 is 0 Å². The number of rotatable bonds is 5. The smallest absolute Gasteiger partial charge is 0.00746 e. The van der Waals surface area contributed by atoms with Crippen LogP contribution in [-0.4, -0.2) is 6.54 Å². The first-order valence-electron chi connectivity index (χ1n) is 5.49. The molecule has 1 heteroatoms. The Kier molecular flexibility index (Phi) is 4.07. The van der Waals surface area contributed by atoms with Gasteiger partial charge in [-0.2, -0.15) is 0 Å². The van der Waals surface area contributed by atoms with E-state index in [2.05, 4.69) is 13.8 Å². The van der Waals surface area contributed by atoms with Crippen LogP contribution in [0.1, 0.15) is 46.0 Å². The number of nitrogens with two attached hydrogens (primary N) is 1. The number of hydrogen-bond acceptors (Lipinski definition) is 1. The standard InChI is InChI=1S/C11H23N/c1-3-11(9(2)7-8-12)10-5-4-6-10/h9-11H,3-8,12H2,1-2H3. The van der Waals surface area contributed by atoms with Crippen LogP contribution in [0.2, 0.25) is 0 Å². The molecular weight excluding hydrogens is 146 g/mol. The molecule has 1 nitrogen and oxygen atoms in total. The molecule has 0 aliphatic heterocycles. The summed E-state index contributed by atoms with van der Waals surface area (Å²) >= 11 is 0. The monoisotopic (exact) mass is 169 g/mol. The molecule has 1 aliphatic rings. The molecular formula is C11H23N. The van der Waals surface area contributed by atoms with Crippen LogP contribution in [0.15, 0.2) is 0 Å². The zero-order valence-electron chi connectivity index (χ0n) is 8.55. The lowest BCUT2D eigenvalue weighted by atomic mass is 9.69. The molecule has 0 heterocycles. The SMILES string of the molecule is CCC(C(C)CCN)C1CCC1. The van der Waals surface area contributed by atoms with E-state index in [0.717, 1.165) is 24.3 Å². The Labute approximate surface area is 76.7 Å². The van der Waals surface area contributed by atoms with Gasteiger partial charge in [0.2, 0.25) is 0 Å². The van der Waals surface area contributed by atoms with Gasteiger partial charge in [0.25, 0.3) is 0 Å². The molecule has 0 radical (unpaired) electrons. The van der Waals surface area contributed by atoms with Gasteiger partial charge in [0.15, 0.2) is 0 Å². The second kappa shape index (κ2) is 4.86. The molecule has 2 atom stereocenters. The van der Waals surface area contributed by atoms with Crippen LogP contribution in [-0.2, 0) is 0 Å². The highest BCUT2D eigenvalue weighted by molar-refractivity contribution is 4.80. The Balaban J connectivity index is 2.31. The maximum absolute atomic E-state index is 5.58. The predicted octanol–water partition coefficient (Wildman–Crippen LogP) is 2.80. The van der Waals surface area contributed by atoms with Crippen molar-refractivity contribution in [2.75, 3.05) is 6.54 Å². The normalized spacial score (nSPS) is 23.2. The zero-order valence-corrected chi connectivity index (χ0v) is 8.55. The third-order valence-corrected chi connectivity index (χ3v) is 3.58. The van der Waals surface area contributed by atoms with Gasteiger partial charge in [0, 0.05) is 0 Å². The highest BCUT2D eigenvalue weighted by Gasteiger charge is 2.29. The van der Waals surface area contributed by atoms with Gasteiger partial charge in [-0.1, -0.05) is 39.5 Å². The lowest BCUT2D eigenvalue weighted by molar-refractivity contribution is 0.143. The molecule has 1 fully saturated rings. The molecule has 12 heavy (non-hydrogen) atoms. The predicted molar refractivity (Wildman–Crippen MR) is 54.0 cm³/mol. The molecule has 0 bridgehead atoms. The maximum atomic E-state index is 5.58. The molecule has 72 valence electrons. The molecule has 0 amide bonds. The zero-order chi connectivity index (χ0) is 8.97. The van der Waals surface area contributed by atoms with Gasteiger partial charge in [-0.3, -0.25) is 0 Å². The summed E-state index contributed by atoms with van der Waals surface area (Å²) in [6.45, 7) is 5.57. The Bertz CT molecular complexity index is 118. The summed E-state index contributed by atoms with van der Waals surface area (Å²) in [5.74, 6) is 2.85. The first kappa shape index (κ1) is 10.0. The Morgan fingerprint density at radius 2 is 2.08 bits per heavy atom. The minimum Gasteiger partial charge on any atom is -0.330 e. The lowest BCUT2D eigenvalue weighted by Crippen LogP contribution is -2.27. The molecule has 2 unspecified atom stereocenters. The molecule has 1 saturated carbocycles. The summed E-state index contributed by atoms with van der Waals surface area (Å²) in [7, 11) is 0. The Morgan fingerprint density at radius 1 is 1.42 bits per heavy atom. The third-order valence-electron chi connectivity index (χ3n) is 3.58. The summed E-state index contributed by atoms with van der Waals surface area (Å²) in [6, 6.07) is 0. The second-order valence-corrected chi connectivity index (χ2v) is 4.32. The highest BCUT2D eigenvalue weighted by Crippen LogP contribution is 2.39. The van der Waals surface area contributed by atoms with Crippen LogP contribution in [0.3, 0.4) is 0 Å². The molecule has 0 aromatic rings. The van der Waals surface area contributed by atoms with E-state index in [0.29, 0.717) is 0 Å². The third kappa shape index (κ3) is 2.22. The fourth-order valence-electron chi connectivity index (χ4n) is 2.55. The van der Waals surface area contributed by atoms with Crippen LogP contribution in [0.25, 0.3) is 0 Å². The van der Waals surface area contributed by atoms with Crippen LogP contribution in [0.4, 0.5) is 0 Å². The van der Waals surface area contributed by atoms with Crippen LogP contribution >= 0.6 is 0 Å². The van der Waals surface area contributed by atoms with Gasteiger partial charge in [0.1, 0.15) is 0 Å². The summed E-state index contributed by atoms with van der Waals surface area (Å²) in [5, 5.41) is 0. The van der Waals surface area contributed by atoms with Crippen LogP contribution in [0.5, 0.6) is 0 Å². The van der Waals surface area contributed by atoms with E-state index in [-0.39, 0.29) is 0 Å². The Hall–Kier alpha value is -0.0400. The van der Waals surface area contributed by atoms with Crippen LogP contribution in [0, 0.1) is 17.8 Å². The molecule has 2 N–H and O–H groups in total. The van der Waals surface area contributed by atoms with Gasteiger partial charge >= 0.3 is 0 Å². The molecule has 0 spiro atoms. The van der Waals surface area contributed by atoms with Gasteiger partial charge in [0.05, 0.1) is 0 Å². The highest BCUT2D eigenvalue weighted by atomic mass is 14.5. The molecule has 0 saturated heterocycles.